The minimum atomic E-state index is -0.189. The zero-order valence-electron chi connectivity index (χ0n) is 12.1. The van der Waals surface area contributed by atoms with Gasteiger partial charge in [-0.05, 0) is 38.7 Å². The van der Waals surface area contributed by atoms with Gasteiger partial charge in [-0.2, -0.15) is 0 Å². The number of rotatable bonds is 10. The molecule has 2 nitrogen and oxygen atoms in total. The third kappa shape index (κ3) is 7.00. The Hall–Kier alpha value is -1.31. The van der Waals surface area contributed by atoms with Gasteiger partial charge in [0.1, 0.15) is 6.10 Å². The highest BCUT2D eigenvalue weighted by atomic mass is 16.5. The van der Waals surface area contributed by atoms with Gasteiger partial charge >= 0.3 is 5.97 Å². The van der Waals surface area contributed by atoms with Crippen molar-refractivity contribution in [2.24, 2.45) is 0 Å². The van der Waals surface area contributed by atoms with E-state index in [0.29, 0.717) is 5.57 Å². The first-order valence-corrected chi connectivity index (χ1v) is 7.44. The first-order chi connectivity index (χ1) is 9.24. The van der Waals surface area contributed by atoms with Crippen molar-refractivity contribution in [1.29, 1.82) is 0 Å². The van der Waals surface area contributed by atoms with Gasteiger partial charge in [0.25, 0.3) is 0 Å². The van der Waals surface area contributed by atoms with Crippen molar-refractivity contribution in [3.05, 3.63) is 36.5 Å². The molecule has 0 aliphatic carbocycles. The van der Waals surface area contributed by atoms with Gasteiger partial charge in [0, 0.05) is 0 Å². The van der Waals surface area contributed by atoms with Gasteiger partial charge in [-0.3, -0.25) is 0 Å². The molecule has 0 spiro atoms. The van der Waals surface area contributed by atoms with Crippen LogP contribution in [0.4, 0.5) is 0 Å². The number of unbranched alkanes of at least 4 members (excludes halogenated alkanes) is 7. The Bertz CT molecular complexity index is 339. The number of hydrogen-bond donors (Lipinski definition) is 0. The van der Waals surface area contributed by atoms with E-state index >= 15 is 0 Å². The molecule has 0 fully saturated rings. The molecular weight excluding hydrogens is 236 g/mol. The Balaban J connectivity index is 1.97. The molecule has 1 atom stereocenters. The standard InChI is InChI=1S/C17H26O2/c1-3-4-5-6-7-8-9-10-11-12-13-16-14-15(2)19-17(16)18/h3,12-15H,1,4-11H2,2H3/b13-12+. The minimum Gasteiger partial charge on any atom is -0.455 e. The molecule has 19 heavy (non-hydrogen) atoms. The van der Waals surface area contributed by atoms with Gasteiger partial charge in [-0.25, -0.2) is 4.79 Å². The van der Waals surface area contributed by atoms with Crippen LogP contribution in [0.2, 0.25) is 0 Å². The second-order valence-electron chi connectivity index (χ2n) is 5.12. The highest BCUT2D eigenvalue weighted by Crippen LogP contribution is 2.15. The maximum atomic E-state index is 11.3. The molecule has 1 rings (SSSR count). The molecule has 2 heteroatoms. The van der Waals surface area contributed by atoms with E-state index in [1.165, 1.54) is 38.5 Å². The number of allylic oxidation sites excluding steroid dienone is 2. The number of ether oxygens (including phenoxy) is 1. The van der Waals surface area contributed by atoms with Gasteiger partial charge in [0.15, 0.2) is 0 Å². The predicted octanol–water partition coefficient (Wildman–Crippen LogP) is 4.72. The molecule has 1 unspecified atom stereocenters. The highest BCUT2D eigenvalue weighted by molar-refractivity contribution is 5.93. The number of carbonyl (C=O) groups excluding carboxylic acids is 1. The first kappa shape index (κ1) is 15.7. The van der Waals surface area contributed by atoms with Crippen LogP contribution in [0, 0.1) is 0 Å². The van der Waals surface area contributed by atoms with E-state index in [1.807, 2.05) is 25.2 Å². The van der Waals surface area contributed by atoms with Crippen molar-refractivity contribution in [3.63, 3.8) is 0 Å². The summed E-state index contributed by atoms with van der Waals surface area (Å²) >= 11 is 0. The zero-order valence-corrected chi connectivity index (χ0v) is 12.1. The summed E-state index contributed by atoms with van der Waals surface area (Å²) in [5.41, 5.74) is 0.705. The second-order valence-corrected chi connectivity index (χ2v) is 5.12. The molecule has 0 saturated heterocycles. The Morgan fingerprint density at radius 1 is 1.16 bits per heavy atom. The Kier molecular flexibility index (Phi) is 7.95. The summed E-state index contributed by atoms with van der Waals surface area (Å²) in [6.45, 7) is 5.61. The van der Waals surface area contributed by atoms with Crippen LogP contribution in [0.1, 0.15) is 58.3 Å². The molecule has 1 aliphatic rings. The van der Waals surface area contributed by atoms with Crippen molar-refractivity contribution >= 4 is 5.97 Å². The van der Waals surface area contributed by atoms with Crippen LogP contribution >= 0.6 is 0 Å². The molecule has 0 bridgehead atoms. The summed E-state index contributed by atoms with van der Waals surface area (Å²) in [6, 6.07) is 0. The lowest BCUT2D eigenvalue weighted by Crippen LogP contribution is -2.02. The first-order valence-electron chi connectivity index (χ1n) is 7.44. The van der Waals surface area contributed by atoms with Crippen molar-refractivity contribution in [1.82, 2.24) is 0 Å². The summed E-state index contributed by atoms with van der Waals surface area (Å²) in [5, 5.41) is 0. The topological polar surface area (TPSA) is 26.3 Å². The third-order valence-electron chi connectivity index (χ3n) is 3.27. The maximum Gasteiger partial charge on any atom is 0.338 e. The second kappa shape index (κ2) is 9.60. The van der Waals surface area contributed by atoms with Gasteiger partial charge in [0.05, 0.1) is 5.57 Å². The normalized spacial score (nSPS) is 18.7. The van der Waals surface area contributed by atoms with Crippen molar-refractivity contribution < 1.29 is 9.53 Å². The monoisotopic (exact) mass is 262 g/mol. The fraction of sp³-hybridized carbons (Fsp3) is 0.588. The summed E-state index contributed by atoms with van der Waals surface area (Å²) in [5.74, 6) is -0.189. The molecule has 1 aliphatic heterocycles. The van der Waals surface area contributed by atoms with Crippen LogP contribution in [0.25, 0.3) is 0 Å². The van der Waals surface area contributed by atoms with E-state index in [0.717, 1.165) is 12.8 Å². The molecule has 106 valence electrons. The van der Waals surface area contributed by atoms with E-state index in [9.17, 15) is 4.79 Å². The van der Waals surface area contributed by atoms with Gasteiger partial charge in [-0.1, -0.05) is 43.9 Å². The van der Waals surface area contributed by atoms with Crippen LogP contribution in [-0.2, 0) is 9.53 Å². The molecule has 0 radical (unpaired) electrons. The molecule has 0 saturated carbocycles. The van der Waals surface area contributed by atoms with Gasteiger partial charge < -0.3 is 4.74 Å². The summed E-state index contributed by atoms with van der Waals surface area (Å²) < 4.78 is 5.03. The van der Waals surface area contributed by atoms with Crippen molar-refractivity contribution in [2.45, 2.75) is 64.4 Å². The van der Waals surface area contributed by atoms with Crippen LogP contribution in [0.5, 0.6) is 0 Å². The van der Waals surface area contributed by atoms with E-state index in [4.69, 9.17) is 4.74 Å². The average molecular weight is 262 g/mol. The smallest absolute Gasteiger partial charge is 0.338 e. The molecular formula is C17H26O2. The van der Waals surface area contributed by atoms with Crippen LogP contribution in [0.15, 0.2) is 36.5 Å². The van der Waals surface area contributed by atoms with E-state index in [2.05, 4.69) is 12.7 Å². The van der Waals surface area contributed by atoms with Crippen molar-refractivity contribution in [3.8, 4) is 0 Å². The Morgan fingerprint density at radius 3 is 2.37 bits per heavy atom. The lowest BCUT2D eigenvalue weighted by atomic mass is 10.1. The fourth-order valence-electron chi connectivity index (χ4n) is 2.18. The van der Waals surface area contributed by atoms with E-state index in [1.54, 1.807) is 0 Å². The van der Waals surface area contributed by atoms with Crippen molar-refractivity contribution in [2.75, 3.05) is 0 Å². The third-order valence-corrected chi connectivity index (χ3v) is 3.27. The maximum absolute atomic E-state index is 11.3. The molecule has 0 aromatic heterocycles. The van der Waals surface area contributed by atoms with Crippen LogP contribution in [-0.4, -0.2) is 12.1 Å². The molecule has 0 N–H and O–H groups in total. The fourth-order valence-corrected chi connectivity index (χ4v) is 2.18. The van der Waals surface area contributed by atoms with E-state index in [-0.39, 0.29) is 12.1 Å². The number of carbonyl (C=O) groups is 1. The van der Waals surface area contributed by atoms with Crippen LogP contribution < -0.4 is 0 Å². The molecule has 1 heterocycles. The number of cyclic esters (lactones) is 1. The number of esters is 1. The number of hydrogen-bond acceptors (Lipinski definition) is 2. The quantitative estimate of drug-likeness (QED) is 0.323. The lowest BCUT2D eigenvalue weighted by molar-refractivity contribution is -0.138. The molecule has 0 amide bonds. The van der Waals surface area contributed by atoms with E-state index < -0.39 is 0 Å². The largest absolute Gasteiger partial charge is 0.455 e. The highest BCUT2D eigenvalue weighted by Gasteiger charge is 2.19. The minimum absolute atomic E-state index is 0.0669. The SMILES string of the molecule is C=CCCCCCCCC/C=C/C1=CC(C)OC1=O. The molecule has 0 aromatic rings. The van der Waals surface area contributed by atoms with Crippen LogP contribution in [0.3, 0.4) is 0 Å². The van der Waals surface area contributed by atoms with Gasteiger partial charge in [0.2, 0.25) is 0 Å². The summed E-state index contributed by atoms with van der Waals surface area (Å²) in [7, 11) is 0. The molecule has 0 aromatic carbocycles. The summed E-state index contributed by atoms with van der Waals surface area (Å²) in [6.07, 6.45) is 17.7. The Labute approximate surface area is 117 Å². The van der Waals surface area contributed by atoms with Gasteiger partial charge in [-0.15, -0.1) is 6.58 Å². The zero-order chi connectivity index (χ0) is 13.9. The summed E-state index contributed by atoms with van der Waals surface area (Å²) in [4.78, 5) is 11.3. The average Bonchev–Trinajstić information content (AvgIpc) is 2.70. The lowest BCUT2D eigenvalue weighted by Gasteiger charge is -1.99. The Morgan fingerprint density at radius 2 is 1.79 bits per heavy atom. The predicted molar refractivity (Wildman–Crippen MR) is 79.9 cm³/mol.